The van der Waals surface area contributed by atoms with E-state index < -0.39 is 0 Å². The minimum atomic E-state index is -0.260. The van der Waals surface area contributed by atoms with E-state index in [4.69, 9.17) is 11.6 Å². The molecule has 0 saturated heterocycles. The largest absolute Gasteiger partial charge is 0.355 e. The highest BCUT2D eigenvalue weighted by Gasteiger charge is 2.15. The summed E-state index contributed by atoms with van der Waals surface area (Å²) in [4.78, 5) is 25.7. The van der Waals surface area contributed by atoms with E-state index >= 15 is 0 Å². The SMILES string of the molecule is C[C@H](Sc1ccccc1Cl)C(=O)NCCC(=O)N(C)C. The normalized spacial score (nSPS) is 11.8. The maximum Gasteiger partial charge on any atom is 0.233 e. The van der Waals surface area contributed by atoms with Crippen molar-refractivity contribution in [1.82, 2.24) is 10.2 Å². The average Bonchev–Trinajstić information content (AvgIpc) is 2.40. The van der Waals surface area contributed by atoms with Gasteiger partial charge in [0.25, 0.3) is 0 Å². The molecular formula is C14H19ClN2O2S. The highest BCUT2D eigenvalue weighted by Crippen LogP contribution is 2.29. The average molecular weight is 315 g/mol. The van der Waals surface area contributed by atoms with Crippen molar-refractivity contribution in [2.75, 3.05) is 20.6 Å². The molecular weight excluding hydrogens is 296 g/mol. The number of benzene rings is 1. The Kier molecular flexibility index (Phi) is 6.88. The predicted octanol–water partition coefficient (Wildman–Crippen LogP) is 2.42. The molecule has 0 radical (unpaired) electrons. The summed E-state index contributed by atoms with van der Waals surface area (Å²) in [6.07, 6.45) is 0.308. The van der Waals surface area contributed by atoms with Crippen LogP contribution in [0.15, 0.2) is 29.2 Å². The number of carbonyl (C=O) groups is 2. The Labute approximate surface area is 128 Å². The molecule has 0 aliphatic heterocycles. The van der Waals surface area contributed by atoms with E-state index in [0.29, 0.717) is 18.0 Å². The van der Waals surface area contributed by atoms with Crippen LogP contribution in [0.4, 0.5) is 0 Å². The van der Waals surface area contributed by atoms with Crippen molar-refractivity contribution in [3.8, 4) is 0 Å². The molecule has 1 N–H and O–H groups in total. The molecule has 0 spiro atoms. The zero-order valence-corrected chi connectivity index (χ0v) is 13.4. The second kappa shape index (κ2) is 8.17. The van der Waals surface area contributed by atoms with Gasteiger partial charge in [0.2, 0.25) is 11.8 Å². The molecule has 0 bridgehead atoms. The van der Waals surface area contributed by atoms with Crippen LogP contribution >= 0.6 is 23.4 Å². The molecule has 0 saturated carbocycles. The molecule has 110 valence electrons. The summed E-state index contributed by atoms with van der Waals surface area (Å²) in [5.74, 6) is -0.0989. The van der Waals surface area contributed by atoms with Gasteiger partial charge in [-0.25, -0.2) is 0 Å². The number of rotatable bonds is 6. The molecule has 6 heteroatoms. The summed E-state index contributed by atoms with van der Waals surface area (Å²) in [5, 5.41) is 3.14. The van der Waals surface area contributed by atoms with Crippen molar-refractivity contribution in [2.45, 2.75) is 23.5 Å². The van der Waals surface area contributed by atoms with E-state index in [1.807, 2.05) is 25.1 Å². The van der Waals surface area contributed by atoms with Gasteiger partial charge in [-0.3, -0.25) is 9.59 Å². The summed E-state index contributed by atoms with van der Waals surface area (Å²) in [6, 6.07) is 7.41. The summed E-state index contributed by atoms with van der Waals surface area (Å²) in [7, 11) is 3.39. The number of carbonyl (C=O) groups excluding carboxylic acids is 2. The third kappa shape index (κ3) is 5.43. The molecule has 1 rings (SSSR count). The van der Waals surface area contributed by atoms with Crippen LogP contribution in [-0.4, -0.2) is 42.6 Å². The quantitative estimate of drug-likeness (QED) is 0.820. The topological polar surface area (TPSA) is 49.4 Å². The van der Waals surface area contributed by atoms with Crippen molar-refractivity contribution in [1.29, 1.82) is 0 Å². The number of amides is 2. The molecule has 1 aromatic rings. The maximum atomic E-state index is 11.9. The van der Waals surface area contributed by atoms with Gasteiger partial charge in [-0.05, 0) is 19.1 Å². The van der Waals surface area contributed by atoms with E-state index in [1.54, 1.807) is 20.2 Å². The fourth-order valence-corrected chi connectivity index (χ4v) is 2.62. The lowest BCUT2D eigenvalue weighted by atomic mass is 10.3. The van der Waals surface area contributed by atoms with Crippen molar-refractivity contribution in [3.63, 3.8) is 0 Å². The summed E-state index contributed by atoms with van der Waals surface area (Å²) in [5.41, 5.74) is 0. The van der Waals surface area contributed by atoms with Crippen LogP contribution in [0.2, 0.25) is 5.02 Å². The Hall–Kier alpha value is -1.20. The fourth-order valence-electron chi connectivity index (χ4n) is 1.44. The number of nitrogens with one attached hydrogen (secondary N) is 1. The van der Waals surface area contributed by atoms with Crippen LogP contribution in [0.3, 0.4) is 0 Å². The van der Waals surface area contributed by atoms with Gasteiger partial charge in [0.05, 0.1) is 10.3 Å². The highest BCUT2D eigenvalue weighted by molar-refractivity contribution is 8.00. The Morgan fingerprint density at radius 2 is 2.00 bits per heavy atom. The standard InChI is InChI=1S/C14H19ClN2O2S/c1-10(20-12-7-5-4-6-11(12)15)14(19)16-9-8-13(18)17(2)3/h4-7,10H,8-9H2,1-3H3,(H,16,19)/t10-/m0/s1. The van der Waals surface area contributed by atoms with Gasteiger partial charge in [-0.1, -0.05) is 23.7 Å². The van der Waals surface area contributed by atoms with E-state index in [1.165, 1.54) is 16.7 Å². The van der Waals surface area contributed by atoms with Crippen LogP contribution in [0.1, 0.15) is 13.3 Å². The third-order valence-corrected chi connectivity index (χ3v) is 4.27. The smallest absolute Gasteiger partial charge is 0.233 e. The number of halogens is 1. The van der Waals surface area contributed by atoms with Crippen molar-refractivity contribution in [3.05, 3.63) is 29.3 Å². The first-order valence-corrected chi connectivity index (χ1v) is 7.56. The van der Waals surface area contributed by atoms with Crippen LogP contribution in [-0.2, 0) is 9.59 Å². The highest BCUT2D eigenvalue weighted by atomic mass is 35.5. The zero-order chi connectivity index (χ0) is 15.1. The van der Waals surface area contributed by atoms with E-state index in [2.05, 4.69) is 5.32 Å². The van der Waals surface area contributed by atoms with Gasteiger partial charge >= 0.3 is 0 Å². The second-order valence-electron chi connectivity index (χ2n) is 4.52. The van der Waals surface area contributed by atoms with Gasteiger partial charge in [0, 0.05) is 32.0 Å². The molecule has 0 aliphatic carbocycles. The van der Waals surface area contributed by atoms with Crippen LogP contribution in [0, 0.1) is 0 Å². The first-order valence-electron chi connectivity index (χ1n) is 6.31. The lowest BCUT2D eigenvalue weighted by molar-refractivity contribution is -0.128. The maximum absolute atomic E-state index is 11.9. The minimum absolute atomic E-state index is 0.00305. The predicted molar refractivity (Wildman–Crippen MR) is 83.1 cm³/mol. The van der Waals surface area contributed by atoms with E-state index in [0.717, 1.165) is 4.90 Å². The fraction of sp³-hybridized carbons (Fsp3) is 0.429. The monoisotopic (exact) mass is 314 g/mol. The van der Waals surface area contributed by atoms with E-state index in [-0.39, 0.29) is 17.1 Å². The number of thioether (sulfide) groups is 1. The first-order chi connectivity index (χ1) is 9.41. The Bertz CT molecular complexity index is 480. The van der Waals surface area contributed by atoms with E-state index in [9.17, 15) is 9.59 Å². The second-order valence-corrected chi connectivity index (χ2v) is 6.31. The van der Waals surface area contributed by atoms with Gasteiger partial charge in [0.1, 0.15) is 0 Å². The van der Waals surface area contributed by atoms with Crippen LogP contribution < -0.4 is 5.32 Å². The van der Waals surface area contributed by atoms with Gasteiger partial charge < -0.3 is 10.2 Å². The first kappa shape index (κ1) is 16.9. The molecule has 2 amide bonds. The van der Waals surface area contributed by atoms with Crippen LogP contribution in [0.5, 0.6) is 0 Å². The van der Waals surface area contributed by atoms with Gasteiger partial charge in [0.15, 0.2) is 0 Å². The number of nitrogens with zero attached hydrogens (tertiary/aromatic N) is 1. The molecule has 0 aliphatic rings. The zero-order valence-electron chi connectivity index (χ0n) is 11.9. The molecule has 1 atom stereocenters. The van der Waals surface area contributed by atoms with Crippen LogP contribution in [0.25, 0.3) is 0 Å². The Morgan fingerprint density at radius 1 is 1.35 bits per heavy atom. The molecule has 4 nitrogen and oxygen atoms in total. The van der Waals surface area contributed by atoms with Gasteiger partial charge in [-0.15, -0.1) is 11.8 Å². The van der Waals surface area contributed by atoms with Crippen molar-refractivity contribution < 1.29 is 9.59 Å². The molecule has 0 heterocycles. The van der Waals surface area contributed by atoms with Gasteiger partial charge in [-0.2, -0.15) is 0 Å². The molecule has 0 fully saturated rings. The summed E-state index contributed by atoms with van der Waals surface area (Å²) < 4.78 is 0. The minimum Gasteiger partial charge on any atom is -0.355 e. The molecule has 0 unspecified atom stereocenters. The number of hydrogen-bond donors (Lipinski definition) is 1. The lowest BCUT2D eigenvalue weighted by Gasteiger charge is -2.14. The lowest BCUT2D eigenvalue weighted by Crippen LogP contribution is -2.34. The van der Waals surface area contributed by atoms with Crippen molar-refractivity contribution >= 4 is 35.2 Å². The molecule has 20 heavy (non-hydrogen) atoms. The summed E-state index contributed by atoms with van der Waals surface area (Å²) >= 11 is 7.46. The molecule has 0 aromatic heterocycles. The summed E-state index contributed by atoms with van der Waals surface area (Å²) in [6.45, 7) is 2.17. The van der Waals surface area contributed by atoms with Crippen molar-refractivity contribution in [2.24, 2.45) is 0 Å². The Morgan fingerprint density at radius 3 is 2.60 bits per heavy atom. The Balaban J connectivity index is 2.40. The molecule has 1 aromatic carbocycles. The third-order valence-electron chi connectivity index (χ3n) is 2.65. The number of hydrogen-bond acceptors (Lipinski definition) is 3.